The summed E-state index contributed by atoms with van der Waals surface area (Å²) in [4.78, 5) is 34.5. The Morgan fingerprint density at radius 3 is 2.64 bits per heavy atom. The Morgan fingerprint density at radius 2 is 1.92 bits per heavy atom. The lowest BCUT2D eigenvalue weighted by Gasteiger charge is -2.44. The molecular weight excluding hydrogens is 482 g/mol. The van der Waals surface area contributed by atoms with Crippen LogP contribution in [-0.2, 0) is 14.3 Å². The molecule has 2 heterocycles. The minimum absolute atomic E-state index is 0.265. The minimum Gasteiger partial charge on any atom is -0.466 e. The zero-order valence-electron chi connectivity index (χ0n) is 21.3. The van der Waals surface area contributed by atoms with Crippen LogP contribution in [0.15, 0.2) is 47.5 Å². The summed E-state index contributed by atoms with van der Waals surface area (Å²) in [6.45, 7) is 10.5. The van der Waals surface area contributed by atoms with Gasteiger partial charge >= 0.3 is 12.1 Å². The van der Waals surface area contributed by atoms with E-state index >= 15 is 0 Å². The maximum atomic E-state index is 13.1. The number of hydrogen-bond donors (Lipinski definition) is 0. The zero-order valence-corrected chi connectivity index (χ0v) is 22.0. The van der Waals surface area contributed by atoms with Gasteiger partial charge in [0.15, 0.2) is 5.75 Å². The van der Waals surface area contributed by atoms with Crippen LogP contribution in [0, 0.1) is 5.92 Å². The molecule has 192 valence electrons. The first-order valence-corrected chi connectivity index (χ1v) is 12.5. The van der Waals surface area contributed by atoms with E-state index in [0.29, 0.717) is 47.7 Å². The molecule has 0 spiro atoms. The van der Waals surface area contributed by atoms with Crippen molar-refractivity contribution >= 4 is 35.2 Å². The molecule has 4 rings (SSSR count). The highest BCUT2D eigenvalue weighted by Crippen LogP contribution is 2.40. The average Bonchev–Trinajstić information content (AvgIpc) is 2.98. The average molecular weight is 514 g/mol. The molecule has 1 amide bonds. The van der Waals surface area contributed by atoms with E-state index in [9.17, 15) is 9.59 Å². The van der Waals surface area contributed by atoms with Gasteiger partial charge in [0.05, 0.1) is 24.1 Å². The number of fused-ring (bicyclic) bond motifs is 2. The predicted molar refractivity (Wildman–Crippen MR) is 138 cm³/mol. The predicted octanol–water partition coefficient (Wildman–Crippen LogP) is 5.64. The number of nitrogens with zero attached hydrogens (tertiary/aromatic N) is 3. The van der Waals surface area contributed by atoms with Crippen LogP contribution in [0.1, 0.15) is 40.2 Å². The molecule has 2 atom stereocenters. The van der Waals surface area contributed by atoms with Gasteiger partial charge in [-0.15, -0.1) is 0 Å². The van der Waals surface area contributed by atoms with Gasteiger partial charge in [-0.1, -0.05) is 23.7 Å². The quantitative estimate of drug-likeness (QED) is 0.494. The number of piperazine rings is 1. The van der Waals surface area contributed by atoms with Crippen molar-refractivity contribution in [1.82, 2.24) is 9.80 Å². The Bertz CT molecular complexity index is 1180. The van der Waals surface area contributed by atoms with Gasteiger partial charge in [0.2, 0.25) is 0 Å². The summed E-state index contributed by atoms with van der Waals surface area (Å²) >= 11 is 6.26. The number of benzene rings is 2. The minimum atomic E-state index is -0.656. The Balaban J connectivity index is 1.72. The first kappa shape index (κ1) is 25.8. The number of halogens is 1. The molecule has 0 aromatic heterocycles. The van der Waals surface area contributed by atoms with Gasteiger partial charge in [-0.25, -0.2) is 9.79 Å². The topological polar surface area (TPSA) is 80.7 Å². The maximum absolute atomic E-state index is 13.1. The second kappa shape index (κ2) is 10.4. The van der Waals surface area contributed by atoms with E-state index in [4.69, 9.17) is 30.8 Å². The number of amidine groups is 1. The molecule has 1 saturated heterocycles. The van der Waals surface area contributed by atoms with Crippen LogP contribution >= 0.6 is 11.6 Å². The number of rotatable bonds is 3. The normalized spacial score (nSPS) is 18.2. The fourth-order valence-corrected chi connectivity index (χ4v) is 4.51. The number of esters is 1. The SMILES string of the molecule is CCOC(=O)C(C)[C@H]1CN(C2=Nc3cc(Cl)ccc3Oc3ccccc32)CCN1C(=O)OC(C)(C)C. The van der Waals surface area contributed by atoms with Crippen LogP contribution in [0.5, 0.6) is 11.5 Å². The summed E-state index contributed by atoms with van der Waals surface area (Å²) in [6.07, 6.45) is -0.452. The van der Waals surface area contributed by atoms with Gasteiger partial charge in [-0.3, -0.25) is 4.79 Å². The largest absolute Gasteiger partial charge is 0.466 e. The summed E-state index contributed by atoms with van der Waals surface area (Å²) < 4.78 is 17.1. The Kier molecular flexibility index (Phi) is 7.45. The molecule has 0 bridgehead atoms. The van der Waals surface area contributed by atoms with Crippen molar-refractivity contribution in [2.45, 2.75) is 46.3 Å². The smallest absolute Gasteiger partial charge is 0.410 e. The second-order valence-corrected chi connectivity index (χ2v) is 10.3. The van der Waals surface area contributed by atoms with Crippen LogP contribution < -0.4 is 4.74 Å². The van der Waals surface area contributed by atoms with Crippen LogP contribution in [0.2, 0.25) is 5.02 Å². The fraction of sp³-hybridized carbons (Fsp3) is 0.444. The van der Waals surface area contributed by atoms with Crippen molar-refractivity contribution in [1.29, 1.82) is 0 Å². The molecule has 0 N–H and O–H groups in total. The molecular formula is C27H32ClN3O5. The maximum Gasteiger partial charge on any atom is 0.410 e. The van der Waals surface area contributed by atoms with Crippen LogP contribution in [0.25, 0.3) is 0 Å². The lowest BCUT2D eigenvalue weighted by Crippen LogP contribution is -2.60. The molecule has 1 unspecified atom stereocenters. The molecule has 0 aliphatic carbocycles. The van der Waals surface area contributed by atoms with Gasteiger partial charge in [-0.05, 0) is 65.0 Å². The van der Waals surface area contributed by atoms with Crippen molar-refractivity contribution in [3.8, 4) is 11.5 Å². The molecule has 0 radical (unpaired) electrons. The molecule has 36 heavy (non-hydrogen) atoms. The third-order valence-electron chi connectivity index (χ3n) is 6.08. The number of ether oxygens (including phenoxy) is 3. The molecule has 0 saturated carbocycles. The first-order chi connectivity index (χ1) is 17.1. The van der Waals surface area contributed by atoms with Crippen molar-refractivity contribution in [3.63, 3.8) is 0 Å². The lowest BCUT2D eigenvalue weighted by atomic mass is 9.97. The van der Waals surface area contributed by atoms with E-state index in [1.54, 1.807) is 36.9 Å². The van der Waals surface area contributed by atoms with Crippen LogP contribution in [-0.4, -0.2) is 65.6 Å². The standard InChI is InChI=1S/C27H32ClN3O5/c1-6-34-25(32)17(2)21-16-30(13-14-31(21)26(33)36-27(3,4)5)24-19-9-7-8-10-22(19)35-23-12-11-18(28)15-20(23)29-24/h7-12,15,17,21H,6,13-14,16H2,1-5H3/t17?,21-/m1/s1. The van der Waals surface area contributed by atoms with Crippen LogP contribution in [0.4, 0.5) is 10.5 Å². The van der Waals surface area contributed by atoms with E-state index in [-0.39, 0.29) is 12.6 Å². The number of aliphatic imine (C=N–C) groups is 1. The highest BCUT2D eigenvalue weighted by atomic mass is 35.5. The van der Waals surface area contributed by atoms with Crippen molar-refractivity contribution in [2.24, 2.45) is 10.9 Å². The van der Waals surface area contributed by atoms with Gasteiger partial charge in [0.1, 0.15) is 22.9 Å². The number of carbonyl (C=O) groups excluding carboxylic acids is 2. The van der Waals surface area contributed by atoms with Gasteiger partial charge in [0, 0.05) is 24.7 Å². The summed E-state index contributed by atoms with van der Waals surface area (Å²) in [5.41, 5.74) is 0.771. The van der Waals surface area contributed by atoms with E-state index in [1.807, 2.05) is 45.0 Å². The summed E-state index contributed by atoms with van der Waals surface area (Å²) in [5.74, 6) is 1.03. The van der Waals surface area contributed by atoms with Gasteiger partial charge in [-0.2, -0.15) is 0 Å². The molecule has 9 heteroatoms. The number of carbonyl (C=O) groups is 2. The molecule has 2 aliphatic rings. The van der Waals surface area contributed by atoms with Crippen molar-refractivity contribution in [2.75, 3.05) is 26.2 Å². The summed E-state index contributed by atoms with van der Waals surface area (Å²) in [5, 5.41) is 0.551. The second-order valence-electron chi connectivity index (χ2n) is 9.87. The molecule has 2 aliphatic heterocycles. The Hall–Kier alpha value is -3.26. The fourth-order valence-electron chi connectivity index (χ4n) is 4.35. The molecule has 2 aromatic carbocycles. The Morgan fingerprint density at radius 1 is 1.17 bits per heavy atom. The molecule has 2 aromatic rings. The highest BCUT2D eigenvalue weighted by molar-refractivity contribution is 6.31. The van der Waals surface area contributed by atoms with Gasteiger partial charge in [0.25, 0.3) is 0 Å². The van der Waals surface area contributed by atoms with Crippen LogP contribution in [0.3, 0.4) is 0 Å². The van der Waals surface area contributed by atoms with E-state index in [0.717, 1.165) is 5.56 Å². The third kappa shape index (κ3) is 5.59. The highest BCUT2D eigenvalue weighted by Gasteiger charge is 2.41. The number of hydrogen-bond acceptors (Lipinski definition) is 7. The number of amides is 1. The summed E-state index contributed by atoms with van der Waals surface area (Å²) in [7, 11) is 0. The lowest BCUT2D eigenvalue weighted by molar-refractivity contribution is -0.150. The molecule has 8 nitrogen and oxygen atoms in total. The monoisotopic (exact) mass is 513 g/mol. The third-order valence-corrected chi connectivity index (χ3v) is 6.31. The Labute approximate surface area is 216 Å². The van der Waals surface area contributed by atoms with E-state index < -0.39 is 23.7 Å². The first-order valence-electron chi connectivity index (χ1n) is 12.1. The molecule has 1 fully saturated rings. The van der Waals surface area contributed by atoms with E-state index in [2.05, 4.69) is 4.90 Å². The van der Waals surface area contributed by atoms with Crippen molar-refractivity contribution < 1.29 is 23.8 Å². The van der Waals surface area contributed by atoms with E-state index in [1.165, 1.54) is 0 Å². The number of para-hydroxylation sites is 1. The summed E-state index contributed by atoms with van der Waals surface area (Å²) in [6, 6.07) is 12.5. The zero-order chi connectivity index (χ0) is 26.0. The van der Waals surface area contributed by atoms with Crippen molar-refractivity contribution in [3.05, 3.63) is 53.1 Å². The van der Waals surface area contributed by atoms with Gasteiger partial charge < -0.3 is 24.0 Å².